The van der Waals surface area contributed by atoms with E-state index in [2.05, 4.69) is 50.8 Å². The molecule has 1 aromatic rings. The van der Waals surface area contributed by atoms with Crippen LogP contribution >= 0.6 is 0 Å². The summed E-state index contributed by atoms with van der Waals surface area (Å²) in [5.74, 6) is 0. The van der Waals surface area contributed by atoms with Crippen molar-refractivity contribution < 1.29 is 0 Å². The lowest BCUT2D eigenvalue weighted by atomic mass is 9.97. The third-order valence-electron chi connectivity index (χ3n) is 4.43. The maximum Gasteiger partial charge on any atom is 0.0403 e. The van der Waals surface area contributed by atoms with Gasteiger partial charge in [-0.2, -0.15) is 0 Å². The van der Waals surface area contributed by atoms with E-state index < -0.39 is 0 Å². The fourth-order valence-corrected chi connectivity index (χ4v) is 3.12. The molecule has 19 heavy (non-hydrogen) atoms. The number of rotatable bonds is 4. The second-order valence-corrected chi connectivity index (χ2v) is 6.57. The standard InChI is InChI=1S/C17H28N2/c1-5-15(18)12-14-11-13(2)7-8-16(14)19-10-6-9-17(19,3)4/h7-8,11,15H,5-6,9-10,12,18H2,1-4H3. The van der Waals surface area contributed by atoms with Crippen LogP contribution in [0.3, 0.4) is 0 Å². The van der Waals surface area contributed by atoms with Gasteiger partial charge in [-0.3, -0.25) is 0 Å². The van der Waals surface area contributed by atoms with Gasteiger partial charge in [0.05, 0.1) is 0 Å². The van der Waals surface area contributed by atoms with Crippen LogP contribution in [0.2, 0.25) is 0 Å². The summed E-state index contributed by atoms with van der Waals surface area (Å²) in [5.41, 5.74) is 10.6. The van der Waals surface area contributed by atoms with E-state index in [1.807, 2.05) is 0 Å². The summed E-state index contributed by atoms with van der Waals surface area (Å²) in [4.78, 5) is 2.57. The first-order valence-electron chi connectivity index (χ1n) is 7.57. The summed E-state index contributed by atoms with van der Waals surface area (Å²) >= 11 is 0. The van der Waals surface area contributed by atoms with Crippen LogP contribution in [0.5, 0.6) is 0 Å². The van der Waals surface area contributed by atoms with Crippen LogP contribution in [0.1, 0.15) is 51.2 Å². The Kier molecular flexibility index (Phi) is 4.19. The molecule has 1 unspecified atom stereocenters. The Bertz CT molecular complexity index is 437. The largest absolute Gasteiger partial charge is 0.366 e. The van der Waals surface area contributed by atoms with E-state index in [0.717, 1.165) is 12.8 Å². The molecular weight excluding hydrogens is 232 g/mol. The van der Waals surface area contributed by atoms with Crippen LogP contribution in [0, 0.1) is 6.92 Å². The summed E-state index contributed by atoms with van der Waals surface area (Å²) in [6, 6.07) is 7.11. The van der Waals surface area contributed by atoms with Gasteiger partial charge in [0.1, 0.15) is 0 Å². The van der Waals surface area contributed by atoms with E-state index in [0.29, 0.717) is 0 Å². The number of hydrogen-bond donors (Lipinski definition) is 1. The molecule has 0 aromatic heterocycles. The van der Waals surface area contributed by atoms with E-state index in [9.17, 15) is 0 Å². The number of nitrogens with zero attached hydrogens (tertiary/aromatic N) is 1. The van der Waals surface area contributed by atoms with Crippen molar-refractivity contribution in [2.24, 2.45) is 5.73 Å². The SMILES string of the molecule is CCC(N)Cc1cc(C)ccc1N1CCCC1(C)C. The maximum atomic E-state index is 6.17. The molecule has 1 saturated heterocycles. The van der Waals surface area contributed by atoms with Gasteiger partial charge in [-0.25, -0.2) is 0 Å². The van der Waals surface area contributed by atoms with E-state index in [-0.39, 0.29) is 11.6 Å². The van der Waals surface area contributed by atoms with E-state index in [1.54, 1.807) is 0 Å². The second-order valence-electron chi connectivity index (χ2n) is 6.57. The molecule has 106 valence electrons. The highest BCUT2D eigenvalue weighted by atomic mass is 15.2. The monoisotopic (exact) mass is 260 g/mol. The molecule has 2 rings (SSSR count). The summed E-state index contributed by atoms with van der Waals surface area (Å²) < 4.78 is 0. The highest BCUT2D eigenvalue weighted by molar-refractivity contribution is 5.58. The van der Waals surface area contributed by atoms with Crippen LogP contribution in [0.15, 0.2) is 18.2 Å². The van der Waals surface area contributed by atoms with Crippen LogP contribution < -0.4 is 10.6 Å². The fourth-order valence-electron chi connectivity index (χ4n) is 3.12. The Labute approximate surface area is 118 Å². The molecule has 1 aromatic carbocycles. The normalized spacial score (nSPS) is 19.7. The predicted molar refractivity (Wildman–Crippen MR) is 83.8 cm³/mol. The fraction of sp³-hybridized carbons (Fsp3) is 0.647. The quantitative estimate of drug-likeness (QED) is 0.895. The first-order valence-corrected chi connectivity index (χ1v) is 7.57. The summed E-state index contributed by atoms with van der Waals surface area (Å²) in [6.45, 7) is 10.2. The van der Waals surface area contributed by atoms with E-state index in [4.69, 9.17) is 5.73 Å². The second kappa shape index (κ2) is 5.54. The third-order valence-corrected chi connectivity index (χ3v) is 4.43. The highest BCUT2D eigenvalue weighted by Gasteiger charge is 2.33. The van der Waals surface area contributed by atoms with Crippen LogP contribution in [-0.2, 0) is 6.42 Å². The van der Waals surface area contributed by atoms with E-state index in [1.165, 1.54) is 36.2 Å². The van der Waals surface area contributed by atoms with Gasteiger partial charge in [-0.1, -0.05) is 24.6 Å². The minimum atomic E-state index is 0.270. The van der Waals surface area contributed by atoms with Crippen LogP contribution in [-0.4, -0.2) is 18.1 Å². The molecular formula is C17H28N2. The van der Waals surface area contributed by atoms with Crippen molar-refractivity contribution in [2.45, 2.75) is 65.0 Å². The molecule has 0 bridgehead atoms. The molecule has 1 aliphatic rings. The topological polar surface area (TPSA) is 29.3 Å². The van der Waals surface area contributed by atoms with Crippen LogP contribution in [0.25, 0.3) is 0 Å². The lowest BCUT2D eigenvalue weighted by Crippen LogP contribution is -2.39. The van der Waals surface area contributed by atoms with Gasteiger partial charge in [-0.05, 0) is 58.1 Å². The van der Waals surface area contributed by atoms with Gasteiger partial charge in [0.25, 0.3) is 0 Å². The van der Waals surface area contributed by atoms with Gasteiger partial charge in [0.15, 0.2) is 0 Å². The molecule has 0 spiro atoms. The van der Waals surface area contributed by atoms with Crippen molar-refractivity contribution in [3.8, 4) is 0 Å². The van der Waals surface area contributed by atoms with Gasteiger partial charge in [0, 0.05) is 23.8 Å². The lowest BCUT2D eigenvalue weighted by Gasteiger charge is -2.35. The van der Waals surface area contributed by atoms with Crippen molar-refractivity contribution in [3.05, 3.63) is 29.3 Å². The number of anilines is 1. The Morgan fingerprint density at radius 3 is 2.68 bits per heavy atom. The average molecular weight is 260 g/mol. The number of benzene rings is 1. The minimum Gasteiger partial charge on any atom is -0.366 e. The van der Waals surface area contributed by atoms with Crippen molar-refractivity contribution in [3.63, 3.8) is 0 Å². The van der Waals surface area contributed by atoms with Crippen molar-refractivity contribution in [1.82, 2.24) is 0 Å². The molecule has 0 aliphatic carbocycles. The molecule has 0 radical (unpaired) electrons. The van der Waals surface area contributed by atoms with Crippen molar-refractivity contribution in [1.29, 1.82) is 0 Å². The Morgan fingerprint density at radius 1 is 1.37 bits per heavy atom. The maximum absolute atomic E-state index is 6.17. The molecule has 0 saturated carbocycles. The Balaban J connectivity index is 2.34. The molecule has 2 N–H and O–H groups in total. The van der Waals surface area contributed by atoms with Crippen molar-refractivity contribution in [2.75, 3.05) is 11.4 Å². The zero-order valence-electron chi connectivity index (χ0n) is 12.9. The van der Waals surface area contributed by atoms with Crippen molar-refractivity contribution >= 4 is 5.69 Å². The summed E-state index contributed by atoms with van der Waals surface area (Å²) in [5, 5.41) is 0. The predicted octanol–water partition coefficient (Wildman–Crippen LogP) is 3.65. The summed E-state index contributed by atoms with van der Waals surface area (Å²) in [6.07, 6.45) is 4.59. The number of aryl methyl sites for hydroxylation is 1. The molecule has 0 amide bonds. The average Bonchev–Trinajstić information content (AvgIpc) is 2.69. The molecule has 1 aliphatic heterocycles. The van der Waals surface area contributed by atoms with Crippen LogP contribution in [0.4, 0.5) is 5.69 Å². The molecule has 2 heteroatoms. The summed E-state index contributed by atoms with van der Waals surface area (Å²) in [7, 11) is 0. The van der Waals surface area contributed by atoms with Gasteiger partial charge >= 0.3 is 0 Å². The first-order chi connectivity index (χ1) is 8.94. The smallest absolute Gasteiger partial charge is 0.0403 e. The zero-order chi connectivity index (χ0) is 14.0. The third kappa shape index (κ3) is 3.11. The minimum absolute atomic E-state index is 0.270. The number of nitrogens with two attached hydrogens (primary N) is 1. The lowest BCUT2D eigenvalue weighted by molar-refractivity contribution is 0.515. The molecule has 2 nitrogen and oxygen atoms in total. The van der Waals surface area contributed by atoms with Gasteiger partial charge in [0.2, 0.25) is 0 Å². The molecule has 1 heterocycles. The Hall–Kier alpha value is -1.02. The van der Waals surface area contributed by atoms with Gasteiger partial charge < -0.3 is 10.6 Å². The van der Waals surface area contributed by atoms with E-state index >= 15 is 0 Å². The zero-order valence-corrected chi connectivity index (χ0v) is 12.9. The Morgan fingerprint density at radius 2 is 2.11 bits per heavy atom. The highest BCUT2D eigenvalue weighted by Crippen LogP contribution is 2.36. The molecule has 1 fully saturated rings. The number of hydrogen-bond acceptors (Lipinski definition) is 2. The van der Waals surface area contributed by atoms with Gasteiger partial charge in [-0.15, -0.1) is 0 Å². The molecule has 1 atom stereocenters. The first kappa shape index (κ1) is 14.4.